The van der Waals surface area contributed by atoms with Crippen molar-refractivity contribution in [2.24, 2.45) is 0 Å². The van der Waals surface area contributed by atoms with Crippen molar-refractivity contribution >= 4 is 15.9 Å². The van der Waals surface area contributed by atoms with E-state index in [0.29, 0.717) is 26.2 Å². The molecule has 2 unspecified atom stereocenters. The first kappa shape index (κ1) is 14.0. The fourth-order valence-electron chi connectivity index (χ4n) is 2.13. The molecule has 4 heteroatoms. The summed E-state index contributed by atoms with van der Waals surface area (Å²) in [6, 6.07) is 6.55. The number of ether oxygens (including phenoxy) is 1. The Morgan fingerprint density at radius 1 is 1.56 bits per heavy atom. The molecule has 1 aromatic carbocycles. The Hall–Kier alpha value is -0.420. The Bertz CT molecular complexity index is 416. The van der Waals surface area contributed by atoms with Crippen molar-refractivity contribution in [3.8, 4) is 0 Å². The first-order chi connectivity index (χ1) is 8.50. The van der Waals surface area contributed by atoms with Crippen molar-refractivity contribution in [1.29, 1.82) is 0 Å². The zero-order chi connectivity index (χ0) is 13.2. The predicted octanol–water partition coefficient (Wildman–Crippen LogP) is 2.56. The highest BCUT2D eigenvalue weighted by Crippen LogP contribution is 2.22. The summed E-state index contributed by atoms with van der Waals surface area (Å²) >= 11 is 3.50. The SMILES string of the molecule is Cc1cc(C(C)NCC2(O)CCOC2)ccc1Br. The molecule has 0 amide bonds. The molecule has 2 N–H and O–H groups in total. The van der Waals surface area contributed by atoms with E-state index in [1.165, 1.54) is 11.1 Å². The number of aliphatic hydroxyl groups is 1. The van der Waals surface area contributed by atoms with Crippen LogP contribution in [0.5, 0.6) is 0 Å². The van der Waals surface area contributed by atoms with E-state index >= 15 is 0 Å². The van der Waals surface area contributed by atoms with Crippen LogP contribution < -0.4 is 5.32 Å². The highest BCUT2D eigenvalue weighted by atomic mass is 79.9. The standard InChI is InChI=1S/C14H20BrNO2/c1-10-7-12(3-4-13(10)15)11(2)16-8-14(17)5-6-18-9-14/h3-4,7,11,16-17H,5-6,8-9H2,1-2H3. The molecule has 0 spiro atoms. The molecular formula is C14H20BrNO2. The molecule has 0 radical (unpaired) electrons. The van der Waals surface area contributed by atoms with Crippen LogP contribution in [0.1, 0.15) is 30.5 Å². The lowest BCUT2D eigenvalue weighted by Crippen LogP contribution is -2.41. The lowest BCUT2D eigenvalue weighted by molar-refractivity contribution is 0.0252. The van der Waals surface area contributed by atoms with Gasteiger partial charge in [-0.3, -0.25) is 0 Å². The Kier molecular flexibility index (Phi) is 4.43. The Balaban J connectivity index is 1.94. The molecule has 2 rings (SSSR count). The van der Waals surface area contributed by atoms with E-state index in [1.54, 1.807) is 0 Å². The molecule has 18 heavy (non-hydrogen) atoms. The maximum atomic E-state index is 10.2. The van der Waals surface area contributed by atoms with Crippen molar-refractivity contribution in [3.05, 3.63) is 33.8 Å². The van der Waals surface area contributed by atoms with E-state index in [9.17, 15) is 5.11 Å². The van der Waals surface area contributed by atoms with Crippen LogP contribution in [0.3, 0.4) is 0 Å². The van der Waals surface area contributed by atoms with Crippen molar-refractivity contribution < 1.29 is 9.84 Å². The maximum absolute atomic E-state index is 10.2. The lowest BCUT2D eigenvalue weighted by Gasteiger charge is -2.24. The first-order valence-corrected chi connectivity index (χ1v) is 7.09. The zero-order valence-electron chi connectivity index (χ0n) is 10.9. The summed E-state index contributed by atoms with van der Waals surface area (Å²) in [7, 11) is 0. The highest BCUT2D eigenvalue weighted by molar-refractivity contribution is 9.10. The third kappa shape index (κ3) is 3.32. The monoisotopic (exact) mass is 313 g/mol. The second-order valence-corrected chi connectivity index (χ2v) is 5.99. The minimum absolute atomic E-state index is 0.224. The number of hydrogen-bond donors (Lipinski definition) is 2. The molecule has 1 aliphatic heterocycles. The van der Waals surface area contributed by atoms with Crippen LogP contribution in [0.2, 0.25) is 0 Å². The zero-order valence-corrected chi connectivity index (χ0v) is 12.5. The van der Waals surface area contributed by atoms with Gasteiger partial charge in [0.1, 0.15) is 5.60 Å². The summed E-state index contributed by atoms with van der Waals surface area (Å²) in [5.41, 5.74) is 1.76. The maximum Gasteiger partial charge on any atom is 0.103 e. The topological polar surface area (TPSA) is 41.5 Å². The van der Waals surface area contributed by atoms with Crippen LogP contribution in [-0.4, -0.2) is 30.5 Å². The fraction of sp³-hybridized carbons (Fsp3) is 0.571. The average molecular weight is 314 g/mol. The molecule has 0 bridgehead atoms. The third-order valence-corrected chi connectivity index (χ3v) is 4.39. The molecular weight excluding hydrogens is 294 g/mol. The second-order valence-electron chi connectivity index (χ2n) is 5.14. The van der Waals surface area contributed by atoms with E-state index in [4.69, 9.17) is 4.74 Å². The normalized spacial score (nSPS) is 25.3. The fourth-order valence-corrected chi connectivity index (χ4v) is 2.38. The molecule has 0 aromatic heterocycles. The second kappa shape index (κ2) is 5.70. The van der Waals surface area contributed by atoms with E-state index in [-0.39, 0.29) is 6.04 Å². The third-order valence-electron chi connectivity index (χ3n) is 3.50. The van der Waals surface area contributed by atoms with Gasteiger partial charge in [0.2, 0.25) is 0 Å². The lowest BCUT2D eigenvalue weighted by atomic mass is 10.0. The Morgan fingerprint density at radius 3 is 2.94 bits per heavy atom. The van der Waals surface area contributed by atoms with E-state index < -0.39 is 5.60 Å². The van der Waals surface area contributed by atoms with Gasteiger partial charge < -0.3 is 15.2 Å². The average Bonchev–Trinajstić information content (AvgIpc) is 2.77. The van der Waals surface area contributed by atoms with Crippen LogP contribution >= 0.6 is 15.9 Å². The minimum atomic E-state index is -0.696. The molecule has 0 saturated carbocycles. The first-order valence-electron chi connectivity index (χ1n) is 6.30. The molecule has 3 nitrogen and oxygen atoms in total. The van der Waals surface area contributed by atoms with Gasteiger partial charge in [-0.1, -0.05) is 28.1 Å². The molecule has 1 aliphatic rings. The van der Waals surface area contributed by atoms with Gasteiger partial charge >= 0.3 is 0 Å². The van der Waals surface area contributed by atoms with Crippen molar-refractivity contribution in [1.82, 2.24) is 5.32 Å². The van der Waals surface area contributed by atoms with Gasteiger partial charge in [0, 0.05) is 30.1 Å². The van der Waals surface area contributed by atoms with Gasteiger partial charge in [-0.2, -0.15) is 0 Å². The van der Waals surface area contributed by atoms with Crippen LogP contribution in [-0.2, 0) is 4.74 Å². The number of benzene rings is 1. The summed E-state index contributed by atoms with van der Waals surface area (Å²) in [5.74, 6) is 0. The van der Waals surface area contributed by atoms with E-state index in [1.807, 2.05) is 0 Å². The summed E-state index contributed by atoms with van der Waals surface area (Å²) in [6.07, 6.45) is 0.714. The largest absolute Gasteiger partial charge is 0.386 e. The van der Waals surface area contributed by atoms with Crippen molar-refractivity contribution in [2.45, 2.75) is 31.9 Å². The summed E-state index contributed by atoms with van der Waals surface area (Å²) < 4.78 is 6.36. The Labute approximate surface area is 117 Å². The molecule has 1 aromatic rings. The molecule has 1 heterocycles. The van der Waals surface area contributed by atoms with E-state index in [2.05, 4.69) is 53.3 Å². The molecule has 2 atom stereocenters. The number of nitrogens with one attached hydrogen (secondary N) is 1. The number of halogens is 1. The van der Waals surface area contributed by atoms with Crippen molar-refractivity contribution in [2.75, 3.05) is 19.8 Å². The van der Waals surface area contributed by atoms with Gasteiger partial charge in [0.15, 0.2) is 0 Å². The molecule has 1 saturated heterocycles. The van der Waals surface area contributed by atoms with Gasteiger partial charge in [-0.05, 0) is 31.0 Å². The van der Waals surface area contributed by atoms with Crippen LogP contribution in [0.15, 0.2) is 22.7 Å². The van der Waals surface area contributed by atoms with Gasteiger partial charge in [-0.25, -0.2) is 0 Å². The van der Waals surface area contributed by atoms with Crippen LogP contribution in [0.4, 0.5) is 0 Å². The van der Waals surface area contributed by atoms with Gasteiger partial charge in [0.25, 0.3) is 0 Å². The highest BCUT2D eigenvalue weighted by Gasteiger charge is 2.32. The van der Waals surface area contributed by atoms with Crippen LogP contribution in [0, 0.1) is 6.92 Å². The number of rotatable bonds is 4. The molecule has 1 fully saturated rings. The van der Waals surface area contributed by atoms with Gasteiger partial charge in [0.05, 0.1) is 6.61 Å². The minimum Gasteiger partial charge on any atom is -0.386 e. The summed E-state index contributed by atoms with van der Waals surface area (Å²) in [5, 5.41) is 13.6. The smallest absolute Gasteiger partial charge is 0.103 e. The van der Waals surface area contributed by atoms with E-state index in [0.717, 1.165) is 4.47 Å². The molecule has 100 valence electrons. The summed E-state index contributed by atoms with van der Waals surface area (Å²) in [6.45, 7) is 5.86. The quantitative estimate of drug-likeness (QED) is 0.897. The number of aryl methyl sites for hydroxylation is 1. The van der Waals surface area contributed by atoms with Crippen molar-refractivity contribution in [3.63, 3.8) is 0 Å². The van der Waals surface area contributed by atoms with Gasteiger partial charge in [-0.15, -0.1) is 0 Å². The molecule has 0 aliphatic carbocycles. The van der Waals surface area contributed by atoms with Crippen LogP contribution in [0.25, 0.3) is 0 Å². The number of hydrogen-bond acceptors (Lipinski definition) is 3. The predicted molar refractivity (Wildman–Crippen MR) is 75.7 cm³/mol. The summed E-state index contributed by atoms with van der Waals surface area (Å²) in [4.78, 5) is 0. The Morgan fingerprint density at radius 2 is 2.33 bits per heavy atom.